The van der Waals surface area contributed by atoms with Gasteiger partial charge in [0.05, 0.1) is 5.60 Å². The van der Waals surface area contributed by atoms with E-state index in [1.165, 1.54) is 12.1 Å². The molecule has 0 atom stereocenters. The number of fused-ring (bicyclic) bond motifs is 3. The number of halogens is 1. The van der Waals surface area contributed by atoms with Crippen LogP contribution in [0.25, 0.3) is 5.65 Å². The Kier molecular flexibility index (Phi) is 2.98. The van der Waals surface area contributed by atoms with Crippen LogP contribution in [0.2, 0.25) is 0 Å². The van der Waals surface area contributed by atoms with E-state index >= 15 is 0 Å². The molecule has 25 heavy (non-hydrogen) atoms. The molecule has 5 nitrogen and oxygen atoms in total. The topological polar surface area (TPSA) is 59.7 Å². The Morgan fingerprint density at radius 3 is 2.64 bits per heavy atom. The van der Waals surface area contributed by atoms with Gasteiger partial charge in [0, 0.05) is 17.7 Å². The van der Waals surface area contributed by atoms with E-state index in [1.807, 2.05) is 16.7 Å². The highest BCUT2D eigenvalue weighted by Crippen LogP contribution is 2.57. The molecule has 2 heterocycles. The van der Waals surface area contributed by atoms with Crippen LogP contribution in [0.1, 0.15) is 37.9 Å². The number of hydrogen-bond donors (Lipinski definition) is 1. The van der Waals surface area contributed by atoms with E-state index in [1.54, 1.807) is 18.2 Å². The van der Waals surface area contributed by atoms with Crippen molar-refractivity contribution < 1.29 is 14.2 Å². The standard InChI is InChI=1S/C19H18FN3O2/c20-13-3-1-4-14(11-13)25-15-5-2-10-23-16(15)21-22-17(23)18-6-8-19(24,12-18)9-7-18/h1-5,10-11,24H,6-9,12H2. The van der Waals surface area contributed by atoms with Gasteiger partial charge in [-0.05, 0) is 56.4 Å². The fraction of sp³-hybridized carbons (Fsp3) is 0.368. The van der Waals surface area contributed by atoms with E-state index in [0.29, 0.717) is 17.1 Å². The minimum Gasteiger partial charge on any atom is -0.453 e. The van der Waals surface area contributed by atoms with Crippen LogP contribution in [0.5, 0.6) is 11.5 Å². The molecule has 0 unspecified atom stereocenters. The zero-order valence-electron chi connectivity index (χ0n) is 13.7. The van der Waals surface area contributed by atoms with Crippen molar-refractivity contribution in [3.05, 3.63) is 54.2 Å². The summed E-state index contributed by atoms with van der Waals surface area (Å²) in [7, 11) is 0. The molecule has 2 bridgehead atoms. The monoisotopic (exact) mass is 339 g/mol. The highest BCUT2D eigenvalue weighted by Gasteiger charge is 2.56. The predicted molar refractivity (Wildman–Crippen MR) is 89.2 cm³/mol. The summed E-state index contributed by atoms with van der Waals surface area (Å²) >= 11 is 0. The number of pyridine rings is 1. The van der Waals surface area contributed by atoms with Crippen LogP contribution in [0.3, 0.4) is 0 Å². The molecule has 2 aromatic heterocycles. The molecule has 0 spiro atoms. The lowest BCUT2D eigenvalue weighted by molar-refractivity contribution is 0.0521. The third-order valence-corrected chi connectivity index (χ3v) is 5.70. The highest BCUT2D eigenvalue weighted by molar-refractivity contribution is 5.55. The van der Waals surface area contributed by atoms with E-state index in [2.05, 4.69) is 10.2 Å². The first-order chi connectivity index (χ1) is 12.1. The largest absolute Gasteiger partial charge is 0.453 e. The van der Waals surface area contributed by atoms with E-state index in [9.17, 15) is 9.50 Å². The molecule has 0 saturated heterocycles. The second kappa shape index (κ2) is 5.02. The third-order valence-electron chi connectivity index (χ3n) is 5.70. The van der Waals surface area contributed by atoms with Crippen LogP contribution < -0.4 is 4.74 Å². The van der Waals surface area contributed by atoms with Crippen molar-refractivity contribution in [2.24, 2.45) is 0 Å². The van der Waals surface area contributed by atoms with E-state index in [-0.39, 0.29) is 11.2 Å². The third kappa shape index (κ3) is 2.24. The minimum atomic E-state index is -0.540. The average Bonchev–Trinajstić information content (AvgIpc) is 3.26. The number of hydrogen-bond acceptors (Lipinski definition) is 4. The Morgan fingerprint density at radius 1 is 1.08 bits per heavy atom. The van der Waals surface area contributed by atoms with Crippen LogP contribution in [0.15, 0.2) is 42.6 Å². The van der Waals surface area contributed by atoms with E-state index in [4.69, 9.17) is 4.74 Å². The summed E-state index contributed by atoms with van der Waals surface area (Å²) in [5.41, 5.74) is -0.0360. The molecule has 2 aliphatic carbocycles. The van der Waals surface area contributed by atoms with Crippen LogP contribution in [-0.4, -0.2) is 25.3 Å². The first-order valence-electron chi connectivity index (χ1n) is 8.57. The van der Waals surface area contributed by atoms with Crippen LogP contribution in [0, 0.1) is 5.82 Å². The fourth-order valence-electron chi connectivity index (χ4n) is 4.47. The first kappa shape index (κ1) is 14.8. The summed E-state index contributed by atoms with van der Waals surface area (Å²) in [6.45, 7) is 0. The molecular weight excluding hydrogens is 321 g/mol. The number of nitrogens with zero attached hydrogens (tertiary/aromatic N) is 3. The first-order valence-corrected chi connectivity index (χ1v) is 8.57. The van der Waals surface area contributed by atoms with Gasteiger partial charge < -0.3 is 9.84 Å². The lowest BCUT2D eigenvalue weighted by Gasteiger charge is -2.24. The molecule has 2 saturated carbocycles. The Labute approximate surface area is 144 Å². The van der Waals surface area contributed by atoms with Gasteiger partial charge >= 0.3 is 0 Å². The molecule has 2 aliphatic rings. The number of aliphatic hydroxyl groups is 1. The Hall–Kier alpha value is -2.47. The van der Waals surface area contributed by atoms with Crippen molar-refractivity contribution in [3.8, 4) is 11.5 Å². The van der Waals surface area contributed by atoms with E-state index < -0.39 is 5.60 Å². The summed E-state index contributed by atoms with van der Waals surface area (Å²) in [4.78, 5) is 0. The van der Waals surface area contributed by atoms with Gasteiger partial charge in [-0.1, -0.05) is 6.07 Å². The van der Waals surface area contributed by atoms with Crippen LogP contribution >= 0.6 is 0 Å². The molecule has 5 rings (SSSR count). The average molecular weight is 339 g/mol. The van der Waals surface area contributed by atoms with Gasteiger partial charge in [-0.2, -0.15) is 0 Å². The van der Waals surface area contributed by atoms with Crippen molar-refractivity contribution in [1.29, 1.82) is 0 Å². The lowest BCUT2D eigenvalue weighted by atomic mass is 9.83. The summed E-state index contributed by atoms with van der Waals surface area (Å²) in [5, 5.41) is 19.3. The minimum absolute atomic E-state index is 0.106. The molecule has 6 heteroatoms. The maximum absolute atomic E-state index is 13.4. The van der Waals surface area contributed by atoms with Crippen LogP contribution in [0.4, 0.5) is 4.39 Å². The van der Waals surface area contributed by atoms with Crippen molar-refractivity contribution in [2.45, 2.75) is 43.1 Å². The molecule has 2 fully saturated rings. The van der Waals surface area contributed by atoms with Gasteiger partial charge in [-0.25, -0.2) is 4.39 Å². The smallest absolute Gasteiger partial charge is 0.203 e. The summed E-state index contributed by atoms with van der Waals surface area (Å²) in [5.74, 6) is 1.50. The Bertz CT molecular complexity index is 960. The van der Waals surface area contributed by atoms with Crippen molar-refractivity contribution >= 4 is 5.65 Å². The lowest BCUT2D eigenvalue weighted by Crippen LogP contribution is -2.23. The van der Waals surface area contributed by atoms with Crippen molar-refractivity contribution in [1.82, 2.24) is 14.6 Å². The number of aromatic nitrogens is 3. The highest BCUT2D eigenvalue weighted by atomic mass is 19.1. The maximum atomic E-state index is 13.4. The Balaban J connectivity index is 1.56. The van der Waals surface area contributed by atoms with E-state index in [0.717, 1.165) is 37.9 Å². The second-order valence-electron chi connectivity index (χ2n) is 7.33. The fourth-order valence-corrected chi connectivity index (χ4v) is 4.47. The second-order valence-corrected chi connectivity index (χ2v) is 7.33. The van der Waals surface area contributed by atoms with Gasteiger partial charge in [0.2, 0.25) is 5.65 Å². The maximum Gasteiger partial charge on any atom is 0.203 e. The zero-order chi connectivity index (χ0) is 17.1. The number of rotatable bonds is 3. The Morgan fingerprint density at radius 2 is 1.92 bits per heavy atom. The normalized spacial score (nSPS) is 27.9. The quantitative estimate of drug-likeness (QED) is 0.792. The van der Waals surface area contributed by atoms with Crippen LogP contribution in [-0.2, 0) is 5.41 Å². The van der Waals surface area contributed by atoms with Gasteiger partial charge in [-0.15, -0.1) is 10.2 Å². The van der Waals surface area contributed by atoms with Gasteiger partial charge in [-0.3, -0.25) is 4.40 Å². The van der Waals surface area contributed by atoms with Gasteiger partial charge in [0.15, 0.2) is 5.75 Å². The summed E-state index contributed by atoms with van der Waals surface area (Å²) in [6, 6.07) is 9.71. The molecule has 3 aromatic rings. The molecular formula is C19H18FN3O2. The molecule has 0 amide bonds. The number of benzene rings is 1. The van der Waals surface area contributed by atoms with Crippen molar-refractivity contribution in [3.63, 3.8) is 0 Å². The predicted octanol–water partition coefficient (Wildman–Crippen LogP) is 3.61. The van der Waals surface area contributed by atoms with Gasteiger partial charge in [0.1, 0.15) is 17.4 Å². The SMILES string of the molecule is OC12CCC(c3nnc4c(Oc5cccc(F)c5)cccn34)(CC1)C2. The molecule has 0 aliphatic heterocycles. The number of ether oxygens (including phenoxy) is 1. The zero-order valence-corrected chi connectivity index (χ0v) is 13.7. The summed E-state index contributed by atoms with van der Waals surface area (Å²) < 4.78 is 21.2. The van der Waals surface area contributed by atoms with Gasteiger partial charge in [0.25, 0.3) is 0 Å². The molecule has 0 radical (unpaired) electrons. The molecule has 128 valence electrons. The molecule has 1 N–H and O–H groups in total. The molecule has 1 aromatic carbocycles. The van der Waals surface area contributed by atoms with Crippen molar-refractivity contribution in [2.75, 3.05) is 0 Å². The summed E-state index contributed by atoms with van der Waals surface area (Å²) in [6.07, 6.45) is 6.17.